The Bertz CT molecular complexity index is 280. The van der Waals surface area contributed by atoms with E-state index in [2.05, 4.69) is 17.9 Å². The third-order valence-corrected chi connectivity index (χ3v) is 2.11. The molecule has 0 aliphatic heterocycles. The smallest absolute Gasteiger partial charge is 0.141 e. The van der Waals surface area contributed by atoms with E-state index in [0.717, 1.165) is 17.9 Å². The normalized spacial score (nSPS) is 10.4. The van der Waals surface area contributed by atoms with Crippen molar-refractivity contribution in [1.82, 2.24) is 5.32 Å². The molecule has 13 heavy (non-hydrogen) atoms. The van der Waals surface area contributed by atoms with Crippen LogP contribution in [0, 0.1) is 5.82 Å². The Morgan fingerprint density at radius 2 is 2.23 bits per heavy atom. The molecule has 0 saturated heterocycles. The lowest BCUT2D eigenvalue weighted by molar-refractivity contribution is 0.626. The Balaban J connectivity index is 2.53. The van der Waals surface area contributed by atoms with Crippen molar-refractivity contribution in [3.05, 3.63) is 34.6 Å². The molecule has 0 heterocycles. The fourth-order valence-corrected chi connectivity index (χ4v) is 1.32. The van der Waals surface area contributed by atoms with Crippen LogP contribution in [0.15, 0.2) is 18.2 Å². The molecule has 0 spiro atoms. The lowest BCUT2D eigenvalue weighted by Gasteiger charge is -2.03. The molecular formula is C9H11ClFNS. The molecule has 1 N–H and O–H groups in total. The van der Waals surface area contributed by atoms with Gasteiger partial charge in [-0.15, -0.1) is 0 Å². The fourth-order valence-electron chi connectivity index (χ4n) is 0.961. The van der Waals surface area contributed by atoms with E-state index in [-0.39, 0.29) is 10.8 Å². The highest BCUT2D eigenvalue weighted by Gasteiger charge is 1.99. The summed E-state index contributed by atoms with van der Waals surface area (Å²) in [5.41, 5.74) is 0.980. The van der Waals surface area contributed by atoms with Gasteiger partial charge in [-0.2, -0.15) is 12.6 Å². The van der Waals surface area contributed by atoms with Crippen molar-refractivity contribution in [1.29, 1.82) is 0 Å². The molecule has 0 fully saturated rings. The van der Waals surface area contributed by atoms with Crippen molar-refractivity contribution in [2.24, 2.45) is 0 Å². The van der Waals surface area contributed by atoms with Gasteiger partial charge in [0.05, 0.1) is 5.02 Å². The van der Waals surface area contributed by atoms with Crippen LogP contribution in [-0.4, -0.2) is 12.3 Å². The van der Waals surface area contributed by atoms with Gasteiger partial charge in [-0.1, -0.05) is 17.7 Å². The molecule has 4 heteroatoms. The highest BCUT2D eigenvalue weighted by atomic mass is 35.5. The van der Waals surface area contributed by atoms with Gasteiger partial charge >= 0.3 is 0 Å². The van der Waals surface area contributed by atoms with Crippen molar-refractivity contribution >= 4 is 24.2 Å². The Morgan fingerprint density at radius 3 is 2.85 bits per heavy atom. The van der Waals surface area contributed by atoms with Crippen LogP contribution >= 0.6 is 24.2 Å². The van der Waals surface area contributed by atoms with Gasteiger partial charge in [0.2, 0.25) is 0 Å². The topological polar surface area (TPSA) is 12.0 Å². The van der Waals surface area contributed by atoms with Crippen molar-refractivity contribution in [2.45, 2.75) is 6.54 Å². The summed E-state index contributed by atoms with van der Waals surface area (Å²) >= 11 is 9.66. The first-order valence-corrected chi connectivity index (χ1v) is 5.00. The summed E-state index contributed by atoms with van der Waals surface area (Å²) in [5, 5.41) is 3.31. The molecular weight excluding hydrogens is 209 g/mol. The lowest BCUT2D eigenvalue weighted by atomic mass is 10.2. The van der Waals surface area contributed by atoms with Gasteiger partial charge < -0.3 is 5.32 Å². The number of halogens is 2. The zero-order valence-electron chi connectivity index (χ0n) is 7.06. The largest absolute Gasteiger partial charge is 0.312 e. The first kappa shape index (κ1) is 10.8. The van der Waals surface area contributed by atoms with Crippen molar-refractivity contribution in [3.63, 3.8) is 0 Å². The third-order valence-electron chi connectivity index (χ3n) is 1.60. The van der Waals surface area contributed by atoms with Gasteiger partial charge in [0.15, 0.2) is 0 Å². The minimum Gasteiger partial charge on any atom is -0.312 e. The molecule has 0 amide bonds. The summed E-state index contributed by atoms with van der Waals surface area (Å²) in [6.07, 6.45) is 0. The molecule has 1 nitrogen and oxygen atoms in total. The van der Waals surface area contributed by atoms with Gasteiger partial charge in [-0.25, -0.2) is 4.39 Å². The van der Waals surface area contributed by atoms with Crippen LogP contribution in [0.4, 0.5) is 4.39 Å². The van der Waals surface area contributed by atoms with Crippen LogP contribution in [0.5, 0.6) is 0 Å². The Kier molecular flexibility index (Phi) is 4.56. The average Bonchev–Trinajstić information content (AvgIpc) is 2.12. The second-order valence-electron chi connectivity index (χ2n) is 2.65. The third kappa shape index (κ3) is 3.55. The molecule has 0 saturated carbocycles. The van der Waals surface area contributed by atoms with Crippen LogP contribution in [0.3, 0.4) is 0 Å². The number of thiol groups is 1. The SMILES string of the molecule is Fc1ccc(CNCCS)cc1Cl. The minimum atomic E-state index is -0.375. The number of rotatable bonds is 4. The fraction of sp³-hybridized carbons (Fsp3) is 0.333. The zero-order valence-corrected chi connectivity index (χ0v) is 8.71. The summed E-state index contributed by atoms with van der Waals surface area (Å²) in [7, 11) is 0. The van der Waals surface area contributed by atoms with Crippen molar-refractivity contribution in [3.8, 4) is 0 Å². The molecule has 0 unspecified atom stereocenters. The molecule has 0 aliphatic carbocycles. The molecule has 0 aromatic heterocycles. The van der Waals surface area contributed by atoms with Crippen molar-refractivity contribution < 1.29 is 4.39 Å². The predicted octanol–water partition coefficient (Wildman–Crippen LogP) is 2.50. The summed E-state index contributed by atoms with van der Waals surface area (Å²) in [6.45, 7) is 1.53. The number of benzene rings is 1. The van der Waals surface area contributed by atoms with Crippen LogP contribution in [0.2, 0.25) is 5.02 Å². The van der Waals surface area contributed by atoms with E-state index in [9.17, 15) is 4.39 Å². The van der Waals surface area contributed by atoms with E-state index in [4.69, 9.17) is 11.6 Å². The molecule has 1 aromatic rings. The van der Waals surface area contributed by atoms with E-state index in [0.29, 0.717) is 6.54 Å². The Labute approximate surface area is 87.7 Å². The van der Waals surface area contributed by atoms with Gasteiger partial charge in [0.25, 0.3) is 0 Å². The standard InChI is InChI=1S/C9H11ClFNS/c10-8-5-7(1-2-9(8)11)6-12-3-4-13/h1-2,5,12-13H,3-4,6H2. The molecule has 0 radical (unpaired) electrons. The van der Waals surface area contributed by atoms with Gasteiger partial charge in [-0.3, -0.25) is 0 Å². The maximum Gasteiger partial charge on any atom is 0.141 e. The summed E-state index contributed by atoms with van der Waals surface area (Å²) in [6, 6.07) is 4.72. The number of nitrogens with one attached hydrogen (secondary N) is 1. The van der Waals surface area contributed by atoms with Crippen LogP contribution in [0.25, 0.3) is 0 Å². The second kappa shape index (κ2) is 5.47. The lowest BCUT2D eigenvalue weighted by Crippen LogP contribution is -2.15. The Morgan fingerprint density at radius 1 is 1.46 bits per heavy atom. The van der Waals surface area contributed by atoms with Crippen LogP contribution in [0.1, 0.15) is 5.56 Å². The minimum absolute atomic E-state index is 0.171. The van der Waals surface area contributed by atoms with Crippen LogP contribution < -0.4 is 5.32 Å². The quantitative estimate of drug-likeness (QED) is 0.586. The predicted molar refractivity (Wildman–Crippen MR) is 57.0 cm³/mol. The van der Waals surface area contributed by atoms with E-state index in [1.807, 2.05) is 0 Å². The van der Waals surface area contributed by atoms with E-state index in [1.165, 1.54) is 6.07 Å². The maximum absolute atomic E-state index is 12.7. The summed E-state index contributed by atoms with van der Waals surface area (Å²) in [4.78, 5) is 0. The first-order chi connectivity index (χ1) is 6.24. The monoisotopic (exact) mass is 219 g/mol. The number of hydrogen-bond donors (Lipinski definition) is 2. The second-order valence-corrected chi connectivity index (χ2v) is 3.50. The van der Waals surface area contributed by atoms with E-state index < -0.39 is 0 Å². The molecule has 0 atom stereocenters. The zero-order chi connectivity index (χ0) is 9.68. The van der Waals surface area contributed by atoms with Gasteiger partial charge in [0.1, 0.15) is 5.82 Å². The molecule has 72 valence electrons. The van der Waals surface area contributed by atoms with Crippen molar-refractivity contribution in [2.75, 3.05) is 12.3 Å². The van der Waals surface area contributed by atoms with Gasteiger partial charge in [0, 0.05) is 18.8 Å². The highest BCUT2D eigenvalue weighted by Crippen LogP contribution is 2.15. The molecule has 0 aliphatic rings. The molecule has 0 bridgehead atoms. The molecule has 1 rings (SSSR count). The highest BCUT2D eigenvalue weighted by molar-refractivity contribution is 7.80. The summed E-state index contributed by atoms with van der Waals surface area (Å²) in [5.74, 6) is 0.411. The average molecular weight is 220 g/mol. The molecule has 1 aromatic carbocycles. The van der Waals surface area contributed by atoms with E-state index in [1.54, 1.807) is 12.1 Å². The Hall–Kier alpha value is -0.250. The maximum atomic E-state index is 12.7. The van der Waals surface area contributed by atoms with Gasteiger partial charge in [-0.05, 0) is 17.7 Å². The van der Waals surface area contributed by atoms with E-state index >= 15 is 0 Å². The summed E-state index contributed by atoms with van der Waals surface area (Å²) < 4.78 is 12.7. The van der Waals surface area contributed by atoms with Crippen LogP contribution in [-0.2, 0) is 6.54 Å². The first-order valence-electron chi connectivity index (χ1n) is 3.99. The number of hydrogen-bond acceptors (Lipinski definition) is 2.